The van der Waals surface area contributed by atoms with Gasteiger partial charge in [-0.05, 0) is 62.3 Å². The number of halogens is 1. The zero-order valence-corrected chi connectivity index (χ0v) is 17.2. The highest BCUT2D eigenvalue weighted by Gasteiger charge is 2.18. The van der Waals surface area contributed by atoms with Crippen LogP contribution in [0.5, 0.6) is 0 Å². The lowest BCUT2D eigenvalue weighted by atomic mass is 9.92. The highest BCUT2D eigenvalue weighted by Crippen LogP contribution is 2.34. The van der Waals surface area contributed by atoms with Gasteiger partial charge in [-0.15, -0.1) is 0 Å². The number of anilines is 1. The maximum absolute atomic E-state index is 8.80. The minimum Gasteiger partial charge on any atom is -0.396 e. The molecule has 3 nitrogen and oxygen atoms in total. The van der Waals surface area contributed by atoms with E-state index in [1.54, 1.807) is 0 Å². The third kappa shape index (κ3) is 5.83. The number of fused-ring (bicyclic) bond motifs is 2. The van der Waals surface area contributed by atoms with Crippen LogP contribution in [0.25, 0.3) is 10.9 Å². The quantitative estimate of drug-likeness (QED) is 0.444. The molecule has 0 bridgehead atoms. The van der Waals surface area contributed by atoms with E-state index in [-0.39, 0.29) is 0 Å². The van der Waals surface area contributed by atoms with E-state index in [0.29, 0.717) is 6.61 Å². The van der Waals surface area contributed by atoms with Crippen LogP contribution in [-0.4, -0.2) is 23.2 Å². The Hall–Kier alpha value is -1.32. The van der Waals surface area contributed by atoms with Gasteiger partial charge in [0.2, 0.25) is 0 Å². The number of unbranched alkanes of at least 4 members (excludes halogenated alkanes) is 7. The van der Waals surface area contributed by atoms with Crippen LogP contribution < -0.4 is 5.32 Å². The van der Waals surface area contributed by atoms with Gasteiger partial charge in [-0.25, -0.2) is 0 Å². The molecule has 2 aromatic rings. The molecule has 0 fully saturated rings. The average molecular weight is 389 g/mol. The monoisotopic (exact) mass is 388 g/mol. The molecule has 27 heavy (non-hydrogen) atoms. The summed E-state index contributed by atoms with van der Waals surface area (Å²) in [6.07, 6.45) is 14.5. The van der Waals surface area contributed by atoms with E-state index >= 15 is 0 Å². The second-order valence-corrected chi connectivity index (χ2v) is 8.20. The van der Waals surface area contributed by atoms with Crippen molar-refractivity contribution in [3.05, 3.63) is 34.5 Å². The molecular weight excluding hydrogens is 356 g/mol. The lowest BCUT2D eigenvalue weighted by Gasteiger charge is -2.22. The number of nitrogens with one attached hydrogen (secondary N) is 1. The molecule has 0 radical (unpaired) electrons. The molecule has 1 aromatic carbocycles. The van der Waals surface area contributed by atoms with Crippen molar-refractivity contribution in [2.75, 3.05) is 18.5 Å². The van der Waals surface area contributed by atoms with Crippen LogP contribution in [0, 0.1) is 0 Å². The molecule has 0 saturated carbocycles. The third-order valence-corrected chi connectivity index (χ3v) is 5.85. The van der Waals surface area contributed by atoms with Crippen molar-refractivity contribution in [3.63, 3.8) is 0 Å². The predicted molar refractivity (Wildman–Crippen MR) is 116 cm³/mol. The maximum atomic E-state index is 8.80. The fraction of sp³-hybridized carbons (Fsp3) is 0.609. The number of nitrogens with zero attached hydrogens (tertiary/aromatic N) is 1. The molecule has 1 heterocycles. The smallest absolute Gasteiger partial charge is 0.0741 e. The number of hydrogen-bond acceptors (Lipinski definition) is 3. The fourth-order valence-corrected chi connectivity index (χ4v) is 4.28. The Balaban J connectivity index is 1.52. The first kappa shape index (κ1) is 20.4. The molecule has 1 aliphatic carbocycles. The molecule has 0 aliphatic heterocycles. The van der Waals surface area contributed by atoms with Crippen LogP contribution in [0.2, 0.25) is 5.02 Å². The van der Waals surface area contributed by atoms with Crippen molar-refractivity contribution < 1.29 is 5.11 Å². The van der Waals surface area contributed by atoms with E-state index in [4.69, 9.17) is 21.7 Å². The van der Waals surface area contributed by atoms with Gasteiger partial charge in [0.25, 0.3) is 0 Å². The molecule has 0 atom stereocenters. The van der Waals surface area contributed by atoms with E-state index in [2.05, 4.69) is 11.4 Å². The number of hydrogen-bond donors (Lipinski definition) is 2. The zero-order valence-electron chi connectivity index (χ0n) is 16.4. The Morgan fingerprint density at radius 1 is 0.926 bits per heavy atom. The van der Waals surface area contributed by atoms with Gasteiger partial charge < -0.3 is 10.4 Å². The molecule has 0 spiro atoms. The van der Waals surface area contributed by atoms with Gasteiger partial charge >= 0.3 is 0 Å². The molecule has 0 amide bonds. The number of benzene rings is 1. The highest BCUT2D eigenvalue weighted by atomic mass is 35.5. The Bertz CT molecular complexity index is 732. The molecule has 148 valence electrons. The molecule has 1 aliphatic rings. The van der Waals surface area contributed by atoms with Gasteiger partial charge in [0.1, 0.15) is 0 Å². The number of aromatic nitrogens is 1. The first-order valence-electron chi connectivity index (χ1n) is 10.8. The Morgan fingerprint density at radius 3 is 2.41 bits per heavy atom. The summed E-state index contributed by atoms with van der Waals surface area (Å²) in [5.41, 5.74) is 5.02. The minimum absolute atomic E-state index is 0.339. The van der Waals surface area contributed by atoms with E-state index in [0.717, 1.165) is 36.3 Å². The van der Waals surface area contributed by atoms with Gasteiger partial charge in [-0.3, -0.25) is 4.98 Å². The van der Waals surface area contributed by atoms with Crippen molar-refractivity contribution in [2.24, 2.45) is 0 Å². The third-order valence-electron chi connectivity index (χ3n) is 5.61. The molecule has 4 heteroatoms. The van der Waals surface area contributed by atoms with Crippen molar-refractivity contribution in [1.82, 2.24) is 4.98 Å². The Labute approximate surface area is 168 Å². The highest BCUT2D eigenvalue weighted by molar-refractivity contribution is 6.31. The lowest BCUT2D eigenvalue weighted by Crippen LogP contribution is -2.12. The van der Waals surface area contributed by atoms with Gasteiger partial charge in [-0.1, -0.05) is 50.1 Å². The predicted octanol–water partition coefficient (Wildman–Crippen LogP) is 6.29. The largest absolute Gasteiger partial charge is 0.396 e. The number of pyridine rings is 1. The first-order valence-corrected chi connectivity index (χ1v) is 11.1. The standard InChI is InChI=1S/C23H33ClN2O/c24-18-13-14-20-22(17-18)26-21-12-8-7-11-19(21)23(20)25-15-9-5-3-1-2-4-6-10-16-27/h13-14,17,27H,1-12,15-16H2,(H,25,26). The number of aryl methyl sites for hydroxylation is 1. The number of aliphatic hydroxyl groups excluding tert-OH is 1. The summed E-state index contributed by atoms with van der Waals surface area (Å²) in [5, 5.41) is 14.5. The molecular formula is C23H33ClN2O. The van der Waals surface area contributed by atoms with E-state index < -0.39 is 0 Å². The number of rotatable bonds is 11. The summed E-state index contributed by atoms with van der Waals surface area (Å²) in [4.78, 5) is 4.90. The van der Waals surface area contributed by atoms with Crippen molar-refractivity contribution in [2.45, 2.75) is 77.0 Å². The van der Waals surface area contributed by atoms with Crippen LogP contribution in [0.1, 0.15) is 75.5 Å². The summed E-state index contributed by atoms with van der Waals surface area (Å²) in [6.45, 7) is 1.37. The minimum atomic E-state index is 0.339. The van der Waals surface area contributed by atoms with E-state index in [1.165, 1.54) is 80.1 Å². The Morgan fingerprint density at radius 2 is 1.63 bits per heavy atom. The Kier molecular flexibility index (Phi) is 8.22. The fourth-order valence-electron chi connectivity index (χ4n) is 4.11. The summed E-state index contributed by atoms with van der Waals surface area (Å²) < 4.78 is 0. The lowest BCUT2D eigenvalue weighted by molar-refractivity contribution is 0.282. The van der Waals surface area contributed by atoms with Crippen molar-refractivity contribution in [1.29, 1.82) is 0 Å². The molecule has 1 aromatic heterocycles. The summed E-state index contributed by atoms with van der Waals surface area (Å²) in [6, 6.07) is 6.09. The van der Waals surface area contributed by atoms with Gasteiger partial charge in [0.05, 0.1) is 5.52 Å². The molecule has 0 saturated heterocycles. The molecule has 3 rings (SSSR count). The maximum Gasteiger partial charge on any atom is 0.0741 e. The normalized spacial score (nSPS) is 13.7. The van der Waals surface area contributed by atoms with Gasteiger partial charge in [0, 0.05) is 34.9 Å². The van der Waals surface area contributed by atoms with Gasteiger partial charge in [-0.2, -0.15) is 0 Å². The average Bonchev–Trinajstić information content (AvgIpc) is 2.68. The molecule has 0 unspecified atom stereocenters. The van der Waals surface area contributed by atoms with Crippen LogP contribution in [0.4, 0.5) is 5.69 Å². The van der Waals surface area contributed by atoms with Crippen LogP contribution in [0.15, 0.2) is 18.2 Å². The molecule has 2 N–H and O–H groups in total. The topological polar surface area (TPSA) is 45.1 Å². The van der Waals surface area contributed by atoms with Crippen LogP contribution in [-0.2, 0) is 12.8 Å². The van der Waals surface area contributed by atoms with Gasteiger partial charge in [0.15, 0.2) is 0 Å². The summed E-state index contributed by atoms with van der Waals surface area (Å²) in [5.74, 6) is 0. The second-order valence-electron chi connectivity index (χ2n) is 7.76. The van der Waals surface area contributed by atoms with E-state index in [9.17, 15) is 0 Å². The summed E-state index contributed by atoms with van der Waals surface area (Å²) in [7, 11) is 0. The zero-order chi connectivity index (χ0) is 18.9. The van der Waals surface area contributed by atoms with Crippen molar-refractivity contribution in [3.8, 4) is 0 Å². The summed E-state index contributed by atoms with van der Waals surface area (Å²) >= 11 is 6.20. The van der Waals surface area contributed by atoms with Crippen molar-refractivity contribution >= 4 is 28.2 Å². The van der Waals surface area contributed by atoms with E-state index in [1.807, 2.05) is 12.1 Å². The van der Waals surface area contributed by atoms with Crippen LogP contribution in [0.3, 0.4) is 0 Å². The second kappa shape index (κ2) is 10.9. The number of aliphatic hydroxyl groups is 1. The SMILES string of the molecule is OCCCCCCCCCCNc1c2c(nc3cc(Cl)ccc13)CCCC2. The first-order chi connectivity index (χ1) is 13.3. The van der Waals surface area contributed by atoms with Crippen LogP contribution >= 0.6 is 11.6 Å².